The molecule has 4 heteroatoms. The summed E-state index contributed by atoms with van der Waals surface area (Å²) in [5.74, 6) is 1.48. The highest BCUT2D eigenvalue weighted by atomic mass is 16.5. The summed E-state index contributed by atoms with van der Waals surface area (Å²) < 4.78 is 10.5. The van der Waals surface area contributed by atoms with E-state index in [1.165, 1.54) is 32.1 Å². The summed E-state index contributed by atoms with van der Waals surface area (Å²) in [6.45, 7) is 11.8. The quantitative estimate of drug-likeness (QED) is 0.190. The predicted molar refractivity (Wildman–Crippen MR) is 116 cm³/mol. The molecule has 1 atom stereocenters. The zero-order valence-electron chi connectivity index (χ0n) is 19.3. The van der Waals surface area contributed by atoms with E-state index in [1.54, 1.807) is 0 Å². The van der Waals surface area contributed by atoms with Crippen LogP contribution in [0, 0.1) is 17.8 Å². The molecule has 0 N–H and O–H groups in total. The maximum absolute atomic E-state index is 11.8. The molecule has 0 spiro atoms. The molecule has 1 unspecified atom stereocenters. The standard InChI is InChI=1S/C24H46O4/c1-20(2)15-17-27-23(25)14-12-10-8-6-7-9-11-13-22(5)19-24(26)28-18-16-21(3)4/h20-22H,6-19H2,1-5H3. The van der Waals surface area contributed by atoms with Crippen LogP contribution in [0.5, 0.6) is 0 Å². The van der Waals surface area contributed by atoms with E-state index in [9.17, 15) is 9.59 Å². The van der Waals surface area contributed by atoms with Crippen molar-refractivity contribution in [3.05, 3.63) is 0 Å². The summed E-state index contributed by atoms with van der Waals surface area (Å²) in [5, 5.41) is 0. The largest absolute Gasteiger partial charge is 0.466 e. The Bertz CT molecular complexity index is 390. The van der Waals surface area contributed by atoms with Gasteiger partial charge in [0.05, 0.1) is 13.2 Å². The van der Waals surface area contributed by atoms with Gasteiger partial charge in [0.15, 0.2) is 0 Å². The summed E-state index contributed by atoms with van der Waals surface area (Å²) in [6.07, 6.45) is 12.2. The van der Waals surface area contributed by atoms with Gasteiger partial charge in [-0.1, -0.05) is 79.6 Å². The number of rotatable bonds is 18. The highest BCUT2D eigenvalue weighted by molar-refractivity contribution is 5.69. The lowest BCUT2D eigenvalue weighted by Crippen LogP contribution is -2.11. The molecule has 0 bridgehead atoms. The van der Waals surface area contributed by atoms with Crippen LogP contribution in [0.1, 0.15) is 112 Å². The fourth-order valence-corrected chi connectivity index (χ4v) is 2.98. The van der Waals surface area contributed by atoms with Gasteiger partial charge >= 0.3 is 11.9 Å². The van der Waals surface area contributed by atoms with Gasteiger partial charge in [-0.2, -0.15) is 0 Å². The lowest BCUT2D eigenvalue weighted by Gasteiger charge is -2.11. The Morgan fingerprint density at radius 3 is 1.61 bits per heavy atom. The van der Waals surface area contributed by atoms with Crippen molar-refractivity contribution >= 4 is 11.9 Å². The van der Waals surface area contributed by atoms with Crippen LogP contribution in [0.25, 0.3) is 0 Å². The Morgan fingerprint density at radius 2 is 1.07 bits per heavy atom. The molecule has 0 saturated heterocycles. The molecule has 0 radical (unpaired) electrons. The molecular weight excluding hydrogens is 352 g/mol. The molecule has 0 aliphatic rings. The van der Waals surface area contributed by atoms with Crippen LogP contribution in [0.4, 0.5) is 0 Å². The molecule has 0 aliphatic carbocycles. The third-order valence-electron chi connectivity index (χ3n) is 5.01. The van der Waals surface area contributed by atoms with Crippen molar-refractivity contribution < 1.29 is 19.1 Å². The summed E-state index contributed by atoms with van der Waals surface area (Å²) in [6, 6.07) is 0. The van der Waals surface area contributed by atoms with Crippen molar-refractivity contribution in [1.82, 2.24) is 0 Å². The average Bonchev–Trinajstić information content (AvgIpc) is 2.59. The monoisotopic (exact) mass is 398 g/mol. The third-order valence-corrected chi connectivity index (χ3v) is 5.01. The van der Waals surface area contributed by atoms with Crippen LogP contribution in [-0.4, -0.2) is 25.2 Å². The lowest BCUT2D eigenvalue weighted by atomic mass is 9.99. The van der Waals surface area contributed by atoms with Gasteiger partial charge in [-0.25, -0.2) is 0 Å². The minimum atomic E-state index is -0.0455. The summed E-state index contributed by atoms with van der Waals surface area (Å²) in [7, 11) is 0. The summed E-state index contributed by atoms with van der Waals surface area (Å²) in [5.41, 5.74) is 0. The van der Waals surface area contributed by atoms with Crippen molar-refractivity contribution in [2.45, 2.75) is 112 Å². The second-order valence-corrected chi connectivity index (χ2v) is 9.13. The molecule has 0 rings (SSSR count). The first-order valence-electron chi connectivity index (χ1n) is 11.6. The first-order chi connectivity index (χ1) is 13.3. The molecule has 0 heterocycles. The molecule has 166 valence electrons. The number of hydrogen-bond acceptors (Lipinski definition) is 4. The highest BCUT2D eigenvalue weighted by Gasteiger charge is 2.10. The van der Waals surface area contributed by atoms with E-state index in [-0.39, 0.29) is 11.9 Å². The van der Waals surface area contributed by atoms with Crippen LogP contribution in [-0.2, 0) is 19.1 Å². The average molecular weight is 399 g/mol. The maximum atomic E-state index is 11.8. The zero-order chi connectivity index (χ0) is 21.2. The van der Waals surface area contributed by atoms with Crippen LogP contribution >= 0.6 is 0 Å². The van der Waals surface area contributed by atoms with Gasteiger partial charge in [0, 0.05) is 12.8 Å². The van der Waals surface area contributed by atoms with E-state index in [1.807, 2.05) is 0 Å². The van der Waals surface area contributed by atoms with Crippen LogP contribution in [0.2, 0.25) is 0 Å². The zero-order valence-corrected chi connectivity index (χ0v) is 19.3. The van der Waals surface area contributed by atoms with Crippen molar-refractivity contribution in [1.29, 1.82) is 0 Å². The van der Waals surface area contributed by atoms with Gasteiger partial charge in [-0.15, -0.1) is 0 Å². The minimum absolute atomic E-state index is 0.0441. The predicted octanol–water partition coefficient (Wildman–Crippen LogP) is 6.70. The molecule has 0 saturated carbocycles. The Morgan fingerprint density at radius 1 is 0.607 bits per heavy atom. The van der Waals surface area contributed by atoms with Gasteiger partial charge < -0.3 is 9.47 Å². The first-order valence-corrected chi connectivity index (χ1v) is 11.6. The van der Waals surface area contributed by atoms with E-state index < -0.39 is 0 Å². The van der Waals surface area contributed by atoms with E-state index in [0.29, 0.717) is 43.8 Å². The van der Waals surface area contributed by atoms with E-state index >= 15 is 0 Å². The molecule has 0 aromatic heterocycles. The van der Waals surface area contributed by atoms with E-state index in [2.05, 4.69) is 34.6 Å². The molecule has 0 aliphatic heterocycles. The molecule has 0 aromatic carbocycles. The Kier molecular flexibility index (Phi) is 17.3. The van der Waals surface area contributed by atoms with Crippen LogP contribution in [0.3, 0.4) is 0 Å². The summed E-state index contributed by atoms with van der Waals surface area (Å²) >= 11 is 0. The Hall–Kier alpha value is -1.06. The molecular formula is C24H46O4. The number of hydrogen-bond donors (Lipinski definition) is 0. The van der Waals surface area contributed by atoms with Gasteiger partial charge in [0.2, 0.25) is 0 Å². The smallest absolute Gasteiger partial charge is 0.306 e. The normalized spacial score (nSPS) is 12.4. The molecule has 0 aromatic rings. The molecule has 28 heavy (non-hydrogen) atoms. The fourth-order valence-electron chi connectivity index (χ4n) is 2.98. The van der Waals surface area contributed by atoms with Crippen molar-refractivity contribution in [3.63, 3.8) is 0 Å². The fraction of sp³-hybridized carbons (Fsp3) is 0.917. The minimum Gasteiger partial charge on any atom is -0.466 e. The van der Waals surface area contributed by atoms with Crippen LogP contribution < -0.4 is 0 Å². The second kappa shape index (κ2) is 18.0. The SMILES string of the molecule is CC(C)CCOC(=O)CCCCCCCCCC(C)CC(=O)OCCC(C)C. The van der Waals surface area contributed by atoms with Gasteiger partial charge in [0.25, 0.3) is 0 Å². The number of esters is 2. The van der Waals surface area contributed by atoms with Crippen molar-refractivity contribution in [3.8, 4) is 0 Å². The highest BCUT2D eigenvalue weighted by Crippen LogP contribution is 2.16. The maximum Gasteiger partial charge on any atom is 0.306 e. The Balaban J connectivity index is 3.40. The lowest BCUT2D eigenvalue weighted by molar-refractivity contribution is -0.145. The van der Waals surface area contributed by atoms with Gasteiger partial charge in [-0.3, -0.25) is 9.59 Å². The number of carbonyl (C=O) groups excluding carboxylic acids is 2. The van der Waals surface area contributed by atoms with E-state index in [0.717, 1.165) is 32.1 Å². The number of carbonyl (C=O) groups is 2. The second-order valence-electron chi connectivity index (χ2n) is 9.13. The molecule has 0 amide bonds. The molecule has 4 nitrogen and oxygen atoms in total. The summed E-state index contributed by atoms with van der Waals surface area (Å²) in [4.78, 5) is 23.3. The topological polar surface area (TPSA) is 52.6 Å². The number of unbranched alkanes of at least 4 members (excludes halogenated alkanes) is 6. The van der Waals surface area contributed by atoms with Gasteiger partial charge in [-0.05, 0) is 37.0 Å². The van der Waals surface area contributed by atoms with Crippen molar-refractivity contribution in [2.75, 3.05) is 13.2 Å². The first kappa shape index (κ1) is 26.9. The molecule has 0 fully saturated rings. The third kappa shape index (κ3) is 19.7. The van der Waals surface area contributed by atoms with E-state index in [4.69, 9.17) is 9.47 Å². The van der Waals surface area contributed by atoms with Gasteiger partial charge in [0.1, 0.15) is 0 Å². The number of ether oxygens (including phenoxy) is 2. The van der Waals surface area contributed by atoms with Crippen LogP contribution in [0.15, 0.2) is 0 Å². The Labute approximate surface area is 174 Å². The van der Waals surface area contributed by atoms with Crippen molar-refractivity contribution in [2.24, 2.45) is 17.8 Å².